The van der Waals surface area contributed by atoms with Gasteiger partial charge in [0, 0.05) is 17.9 Å². The highest BCUT2D eigenvalue weighted by Gasteiger charge is 2.72. The van der Waals surface area contributed by atoms with Crippen LogP contribution in [-0.2, 0) is 9.59 Å². The number of Topliss-reactive ketones (excluding diaryl/α,β-unsaturated/α-hetero) is 1. The molecule has 0 aromatic carbocycles. The number of carbonyl (C=O) groups is 2. The van der Waals surface area contributed by atoms with E-state index < -0.39 is 5.41 Å². The Morgan fingerprint density at radius 3 is 2.26 bits per heavy atom. The molecule has 3 heteroatoms. The van der Waals surface area contributed by atoms with E-state index >= 15 is 0 Å². The molecule has 0 radical (unpaired) electrons. The fraction of sp³-hybridized carbons (Fsp3) is 0.875. The van der Waals surface area contributed by atoms with Gasteiger partial charge < -0.3 is 5.32 Å². The summed E-state index contributed by atoms with van der Waals surface area (Å²) in [6, 6.07) is 0.347. The number of amides is 1. The molecule has 3 rings (SSSR count). The molecule has 2 atom stereocenters. The molecular weight excluding hydrogens is 238 g/mol. The number of hydrogen-bond acceptors (Lipinski definition) is 2. The standard InChI is InChI=1S/C16H25NO2/c1-14(2)15(3)8-9-16(14,10-12(15)18)13(19)17-11-6-4-5-7-11/h11H,4-10H2,1-3H3,(H,17,19)/t15-,16-/m0/s1. The van der Waals surface area contributed by atoms with Gasteiger partial charge in [-0.05, 0) is 31.1 Å². The normalized spacial score (nSPS) is 40.9. The van der Waals surface area contributed by atoms with Crippen molar-refractivity contribution >= 4 is 11.7 Å². The molecule has 2 bridgehead atoms. The van der Waals surface area contributed by atoms with Crippen LogP contribution in [0.1, 0.15) is 65.7 Å². The van der Waals surface area contributed by atoms with Crippen molar-refractivity contribution in [1.29, 1.82) is 0 Å². The fourth-order valence-corrected chi connectivity index (χ4v) is 4.75. The third-order valence-corrected chi connectivity index (χ3v) is 6.83. The van der Waals surface area contributed by atoms with E-state index in [-0.39, 0.29) is 16.7 Å². The molecule has 0 unspecified atom stereocenters. The Kier molecular flexibility index (Phi) is 2.65. The largest absolute Gasteiger partial charge is 0.353 e. The van der Waals surface area contributed by atoms with Crippen molar-refractivity contribution in [3.05, 3.63) is 0 Å². The van der Waals surface area contributed by atoms with Crippen LogP contribution in [0, 0.1) is 16.2 Å². The van der Waals surface area contributed by atoms with Crippen LogP contribution in [0.4, 0.5) is 0 Å². The first-order valence-corrected chi connectivity index (χ1v) is 7.68. The second kappa shape index (κ2) is 3.83. The van der Waals surface area contributed by atoms with Gasteiger partial charge in [-0.2, -0.15) is 0 Å². The molecule has 19 heavy (non-hydrogen) atoms. The smallest absolute Gasteiger partial charge is 0.227 e. The lowest BCUT2D eigenvalue weighted by molar-refractivity contribution is -0.137. The summed E-state index contributed by atoms with van der Waals surface area (Å²) in [5, 5.41) is 3.24. The van der Waals surface area contributed by atoms with Gasteiger partial charge in [0.25, 0.3) is 0 Å². The molecule has 0 spiro atoms. The predicted octanol–water partition coefficient (Wildman–Crippen LogP) is 2.83. The van der Waals surface area contributed by atoms with Crippen LogP contribution in [0.5, 0.6) is 0 Å². The molecule has 3 saturated carbocycles. The van der Waals surface area contributed by atoms with E-state index in [0.717, 1.165) is 25.7 Å². The van der Waals surface area contributed by atoms with Gasteiger partial charge >= 0.3 is 0 Å². The molecular formula is C16H25NO2. The van der Waals surface area contributed by atoms with Gasteiger partial charge in [0.15, 0.2) is 0 Å². The maximum Gasteiger partial charge on any atom is 0.227 e. The summed E-state index contributed by atoms with van der Waals surface area (Å²) in [7, 11) is 0. The zero-order valence-electron chi connectivity index (χ0n) is 12.3. The zero-order valence-corrected chi connectivity index (χ0v) is 12.3. The van der Waals surface area contributed by atoms with Gasteiger partial charge in [0.1, 0.15) is 5.78 Å². The first-order valence-electron chi connectivity index (χ1n) is 7.68. The molecule has 0 aromatic rings. The molecule has 0 aromatic heterocycles. The van der Waals surface area contributed by atoms with Gasteiger partial charge in [-0.25, -0.2) is 0 Å². The van der Waals surface area contributed by atoms with E-state index in [1.807, 2.05) is 0 Å². The average Bonchev–Trinajstić information content (AvgIpc) is 2.94. The van der Waals surface area contributed by atoms with Crippen molar-refractivity contribution in [2.24, 2.45) is 16.2 Å². The minimum Gasteiger partial charge on any atom is -0.353 e. The first-order chi connectivity index (χ1) is 8.83. The monoisotopic (exact) mass is 263 g/mol. The van der Waals surface area contributed by atoms with Crippen LogP contribution >= 0.6 is 0 Å². The van der Waals surface area contributed by atoms with Crippen LogP contribution in [0.15, 0.2) is 0 Å². The summed E-state index contributed by atoms with van der Waals surface area (Å²) in [5.74, 6) is 0.448. The summed E-state index contributed by atoms with van der Waals surface area (Å²) >= 11 is 0. The number of carbonyl (C=O) groups excluding carboxylic acids is 2. The third kappa shape index (κ3) is 1.45. The minimum atomic E-state index is -0.443. The van der Waals surface area contributed by atoms with Crippen molar-refractivity contribution in [2.45, 2.75) is 71.8 Å². The Labute approximate surface area is 115 Å². The van der Waals surface area contributed by atoms with Crippen LogP contribution in [0.25, 0.3) is 0 Å². The molecule has 3 nitrogen and oxygen atoms in total. The Bertz CT molecular complexity index is 436. The Hall–Kier alpha value is -0.860. The number of hydrogen-bond donors (Lipinski definition) is 1. The van der Waals surface area contributed by atoms with E-state index in [1.165, 1.54) is 12.8 Å². The Balaban J connectivity index is 1.87. The van der Waals surface area contributed by atoms with E-state index in [0.29, 0.717) is 18.2 Å². The van der Waals surface area contributed by atoms with Gasteiger partial charge in [-0.3, -0.25) is 9.59 Å². The second-order valence-corrected chi connectivity index (χ2v) is 7.59. The summed E-state index contributed by atoms with van der Waals surface area (Å²) in [6.07, 6.45) is 6.85. The molecule has 1 N–H and O–H groups in total. The summed E-state index contributed by atoms with van der Waals surface area (Å²) in [5.41, 5.74) is -0.943. The van der Waals surface area contributed by atoms with Gasteiger partial charge in [0.05, 0.1) is 5.41 Å². The highest BCUT2D eigenvalue weighted by molar-refractivity contribution is 5.99. The van der Waals surface area contributed by atoms with Crippen molar-refractivity contribution in [3.8, 4) is 0 Å². The van der Waals surface area contributed by atoms with Crippen molar-refractivity contribution in [1.82, 2.24) is 5.32 Å². The SMILES string of the molecule is CC1(C)[C@@]2(C(=O)NC3CCCC3)CC[C@@]1(C)C(=O)C2. The van der Waals surface area contributed by atoms with Crippen molar-refractivity contribution < 1.29 is 9.59 Å². The van der Waals surface area contributed by atoms with Crippen LogP contribution < -0.4 is 5.32 Å². The maximum atomic E-state index is 12.8. The summed E-state index contributed by atoms with van der Waals surface area (Å²) < 4.78 is 0. The van der Waals surface area contributed by atoms with Crippen LogP contribution in [0.3, 0.4) is 0 Å². The van der Waals surface area contributed by atoms with Gasteiger partial charge in [-0.1, -0.05) is 33.6 Å². The lowest BCUT2D eigenvalue weighted by Crippen LogP contribution is -2.49. The highest BCUT2D eigenvalue weighted by atomic mass is 16.2. The second-order valence-electron chi connectivity index (χ2n) is 7.59. The number of fused-ring (bicyclic) bond motifs is 2. The van der Waals surface area contributed by atoms with Crippen molar-refractivity contribution in [2.75, 3.05) is 0 Å². The Morgan fingerprint density at radius 2 is 1.79 bits per heavy atom. The average molecular weight is 263 g/mol. The third-order valence-electron chi connectivity index (χ3n) is 6.83. The molecule has 1 amide bonds. The quantitative estimate of drug-likeness (QED) is 0.832. The maximum absolute atomic E-state index is 12.8. The molecule has 3 fully saturated rings. The summed E-state index contributed by atoms with van der Waals surface area (Å²) in [6.45, 7) is 6.31. The lowest BCUT2D eigenvalue weighted by atomic mass is 9.64. The number of rotatable bonds is 2. The van der Waals surface area contributed by atoms with E-state index in [2.05, 4.69) is 26.1 Å². The van der Waals surface area contributed by atoms with Gasteiger partial charge in [0.2, 0.25) is 5.91 Å². The molecule has 3 aliphatic carbocycles. The van der Waals surface area contributed by atoms with E-state index in [9.17, 15) is 9.59 Å². The fourth-order valence-electron chi connectivity index (χ4n) is 4.75. The van der Waals surface area contributed by atoms with Gasteiger partial charge in [-0.15, -0.1) is 0 Å². The molecule has 0 saturated heterocycles. The molecule has 3 aliphatic rings. The van der Waals surface area contributed by atoms with Crippen LogP contribution in [0.2, 0.25) is 0 Å². The molecule has 0 heterocycles. The Morgan fingerprint density at radius 1 is 1.16 bits per heavy atom. The molecule has 106 valence electrons. The lowest BCUT2D eigenvalue weighted by Gasteiger charge is -2.39. The summed E-state index contributed by atoms with van der Waals surface area (Å²) in [4.78, 5) is 25.2. The topological polar surface area (TPSA) is 46.2 Å². The van der Waals surface area contributed by atoms with E-state index in [4.69, 9.17) is 0 Å². The predicted molar refractivity (Wildman–Crippen MR) is 73.6 cm³/mol. The first kappa shape index (κ1) is 13.1. The number of nitrogens with one attached hydrogen (secondary N) is 1. The van der Waals surface area contributed by atoms with Crippen LogP contribution in [-0.4, -0.2) is 17.7 Å². The minimum absolute atomic E-state index is 0.152. The highest BCUT2D eigenvalue weighted by Crippen LogP contribution is 2.70. The molecule has 0 aliphatic heterocycles. The zero-order chi connectivity index (χ0) is 13.9. The van der Waals surface area contributed by atoms with E-state index in [1.54, 1.807) is 0 Å². The number of ketones is 1. The van der Waals surface area contributed by atoms with Crippen molar-refractivity contribution in [3.63, 3.8) is 0 Å².